The van der Waals surface area contributed by atoms with Crippen molar-refractivity contribution in [2.45, 2.75) is 6.61 Å². The fourth-order valence-electron chi connectivity index (χ4n) is 2.20. The summed E-state index contributed by atoms with van der Waals surface area (Å²) in [6.07, 6.45) is 3.80. The first-order valence-corrected chi connectivity index (χ1v) is 6.43. The predicted octanol–water partition coefficient (Wildman–Crippen LogP) is 3.26. The summed E-state index contributed by atoms with van der Waals surface area (Å²) in [5.74, 6) is 0.674. The van der Waals surface area contributed by atoms with Crippen molar-refractivity contribution in [2.75, 3.05) is 0 Å². The van der Waals surface area contributed by atoms with Crippen LogP contribution >= 0.6 is 0 Å². The zero-order valence-electron chi connectivity index (χ0n) is 11.2. The Kier molecular flexibility index (Phi) is 3.29. The van der Waals surface area contributed by atoms with Crippen LogP contribution in [0.25, 0.3) is 5.52 Å². The molecule has 0 spiro atoms. The second-order valence-corrected chi connectivity index (χ2v) is 4.56. The van der Waals surface area contributed by atoms with Crippen molar-refractivity contribution >= 4 is 5.52 Å². The molecule has 0 atom stereocenters. The van der Waals surface area contributed by atoms with E-state index in [1.165, 1.54) is 0 Å². The normalized spacial score (nSPS) is 10.0. The van der Waals surface area contributed by atoms with Gasteiger partial charge in [0.15, 0.2) is 0 Å². The molecule has 0 amide bonds. The third kappa shape index (κ3) is 2.43. The van der Waals surface area contributed by atoms with Crippen LogP contribution in [0.15, 0.2) is 54.9 Å². The van der Waals surface area contributed by atoms with Gasteiger partial charge in [0.1, 0.15) is 18.4 Å². The van der Waals surface area contributed by atoms with Crippen LogP contribution in [-0.2, 0) is 6.61 Å². The van der Waals surface area contributed by atoms with Crippen molar-refractivity contribution in [3.8, 4) is 17.9 Å². The van der Waals surface area contributed by atoms with E-state index in [0.29, 0.717) is 23.5 Å². The van der Waals surface area contributed by atoms with Crippen LogP contribution in [0.5, 0.6) is 5.75 Å². The maximum atomic E-state index is 9.32. The maximum Gasteiger partial charge on any atom is 0.119 e. The van der Waals surface area contributed by atoms with Gasteiger partial charge < -0.3 is 9.14 Å². The molecule has 0 aliphatic rings. The minimum Gasteiger partial charge on any atom is -0.489 e. The van der Waals surface area contributed by atoms with E-state index < -0.39 is 0 Å². The molecule has 21 heavy (non-hydrogen) atoms. The van der Waals surface area contributed by atoms with Gasteiger partial charge in [0.25, 0.3) is 0 Å². The highest BCUT2D eigenvalue weighted by molar-refractivity contribution is 5.65. The Balaban J connectivity index is 1.85. The van der Waals surface area contributed by atoms with Gasteiger partial charge in [-0.3, -0.25) is 0 Å². The van der Waals surface area contributed by atoms with Crippen molar-refractivity contribution in [2.24, 2.45) is 0 Å². The van der Waals surface area contributed by atoms with Gasteiger partial charge in [-0.05, 0) is 36.4 Å². The first-order valence-electron chi connectivity index (χ1n) is 6.43. The monoisotopic (exact) mass is 273 g/mol. The maximum absolute atomic E-state index is 9.32. The summed E-state index contributed by atoms with van der Waals surface area (Å²) < 4.78 is 7.60. The number of ether oxygens (including phenoxy) is 1. The minimum absolute atomic E-state index is 0.316. The van der Waals surface area contributed by atoms with Gasteiger partial charge in [0.2, 0.25) is 0 Å². The van der Waals surface area contributed by atoms with E-state index in [1.54, 1.807) is 24.3 Å². The van der Waals surface area contributed by atoms with Gasteiger partial charge >= 0.3 is 0 Å². The van der Waals surface area contributed by atoms with Gasteiger partial charge in [-0.1, -0.05) is 6.07 Å². The van der Waals surface area contributed by atoms with E-state index in [2.05, 4.69) is 12.1 Å². The molecule has 2 aromatic heterocycles. The largest absolute Gasteiger partial charge is 0.489 e. The number of nitriles is 2. The molecule has 4 nitrogen and oxygen atoms in total. The first kappa shape index (κ1) is 12.8. The standard InChI is InChI=1S/C17H11N3O/c18-9-13-4-6-15(7-5-13)21-12-14-11-20-8-2-1-3-17(20)16(14)10-19/h1-8,11H,12H2. The molecule has 0 radical (unpaired) electrons. The molecule has 4 heteroatoms. The number of hydrogen-bond acceptors (Lipinski definition) is 3. The molecule has 0 saturated heterocycles. The number of nitrogens with zero attached hydrogens (tertiary/aromatic N) is 3. The summed E-state index contributed by atoms with van der Waals surface area (Å²) in [5, 5.41) is 18.1. The Morgan fingerprint density at radius 2 is 1.81 bits per heavy atom. The topological polar surface area (TPSA) is 61.2 Å². The third-order valence-corrected chi connectivity index (χ3v) is 3.25. The van der Waals surface area contributed by atoms with Crippen LogP contribution in [0.2, 0.25) is 0 Å². The summed E-state index contributed by atoms with van der Waals surface area (Å²) in [5.41, 5.74) is 2.94. The molecule has 100 valence electrons. The van der Waals surface area contributed by atoms with E-state index in [-0.39, 0.29) is 0 Å². The molecule has 0 bridgehead atoms. The van der Waals surface area contributed by atoms with E-state index in [4.69, 9.17) is 10.00 Å². The van der Waals surface area contributed by atoms with Gasteiger partial charge in [-0.15, -0.1) is 0 Å². The Labute approximate surface area is 122 Å². The fraction of sp³-hybridized carbons (Fsp3) is 0.0588. The molecule has 2 heterocycles. The number of rotatable bonds is 3. The lowest BCUT2D eigenvalue weighted by atomic mass is 10.2. The van der Waals surface area contributed by atoms with Gasteiger partial charge in [-0.2, -0.15) is 10.5 Å². The van der Waals surface area contributed by atoms with Crippen LogP contribution in [0.1, 0.15) is 16.7 Å². The second-order valence-electron chi connectivity index (χ2n) is 4.56. The number of aromatic nitrogens is 1. The van der Waals surface area contributed by atoms with Crippen LogP contribution in [0.3, 0.4) is 0 Å². The van der Waals surface area contributed by atoms with E-state index in [0.717, 1.165) is 11.1 Å². The average Bonchev–Trinajstić information content (AvgIpc) is 2.91. The molecule has 0 saturated carbocycles. The molecule has 0 aliphatic carbocycles. The van der Waals surface area contributed by atoms with E-state index in [1.807, 2.05) is 35.0 Å². The molecule has 1 aromatic carbocycles. The number of benzene rings is 1. The fourth-order valence-corrected chi connectivity index (χ4v) is 2.20. The van der Waals surface area contributed by atoms with Crippen molar-refractivity contribution in [3.05, 3.63) is 71.5 Å². The Morgan fingerprint density at radius 1 is 1.00 bits per heavy atom. The highest BCUT2D eigenvalue weighted by atomic mass is 16.5. The number of pyridine rings is 1. The van der Waals surface area contributed by atoms with Crippen LogP contribution in [0.4, 0.5) is 0 Å². The Hall–Kier alpha value is -3.24. The van der Waals surface area contributed by atoms with E-state index >= 15 is 0 Å². The highest BCUT2D eigenvalue weighted by Gasteiger charge is 2.10. The minimum atomic E-state index is 0.316. The van der Waals surface area contributed by atoms with E-state index in [9.17, 15) is 5.26 Å². The molecule has 3 aromatic rings. The quantitative estimate of drug-likeness (QED) is 0.735. The average molecular weight is 273 g/mol. The van der Waals surface area contributed by atoms with Crippen LogP contribution < -0.4 is 4.74 Å². The van der Waals surface area contributed by atoms with Crippen LogP contribution in [0, 0.1) is 22.7 Å². The Morgan fingerprint density at radius 3 is 2.52 bits per heavy atom. The van der Waals surface area contributed by atoms with Crippen molar-refractivity contribution < 1.29 is 4.74 Å². The summed E-state index contributed by atoms with van der Waals surface area (Å²) in [6, 6.07) is 16.9. The Bertz CT molecular complexity index is 864. The lowest BCUT2D eigenvalue weighted by Gasteiger charge is -2.04. The van der Waals surface area contributed by atoms with Gasteiger partial charge in [0, 0.05) is 18.0 Å². The summed E-state index contributed by atoms with van der Waals surface area (Å²) in [6.45, 7) is 0.316. The lowest BCUT2D eigenvalue weighted by molar-refractivity contribution is 0.306. The summed E-state index contributed by atoms with van der Waals surface area (Å²) in [4.78, 5) is 0. The van der Waals surface area contributed by atoms with Gasteiger partial charge in [0.05, 0.1) is 22.7 Å². The molecule has 0 N–H and O–H groups in total. The first-order chi connectivity index (χ1) is 10.3. The number of fused-ring (bicyclic) bond motifs is 1. The molecule has 0 aliphatic heterocycles. The van der Waals surface area contributed by atoms with Gasteiger partial charge in [-0.25, -0.2) is 0 Å². The molecule has 3 rings (SSSR count). The molecular formula is C17H11N3O. The highest BCUT2D eigenvalue weighted by Crippen LogP contribution is 2.20. The molecular weight excluding hydrogens is 262 g/mol. The number of hydrogen-bond donors (Lipinski definition) is 0. The zero-order valence-corrected chi connectivity index (χ0v) is 11.2. The lowest BCUT2D eigenvalue weighted by Crippen LogP contribution is -1.95. The third-order valence-electron chi connectivity index (χ3n) is 3.25. The van der Waals surface area contributed by atoms with Crippen molar-refractivity contribution in [1.82, 2.24) is 4.40 Å². The summed E-state index contributed by atoms with van der Waals surface area (Å²) >= 11 is 0. The van der Waals surface area contributed by atoms with Crippen molar-refractivity contribution in [3.63, 3.8) is 0 Å². The molecule has 0 fully saturated rings. The smallest absolute Gasteiger partial charge is 0.119 e. The predicted molar refractivity (Wildman–Crippen MR) is 77.6 cm³/mol. The second kappa shape index (κ2) is 5.40. The zero-order chi connectivity index (χ0) is 14.7. The van der Waals surface area contributed by atoms with Crippen LogP contribution in [-0.4, -0.2) is 4.40 Å². The van der Waals surface area contributed by atoms with Crippen molar-refractivity contribution in [1.29, 1.82) is 10.5 Å². The molecule has 0 unspecified atom stereocenters. The summed E-state index contributed by atoms with van der Waals surface area (Å²) in [7, 11) is 0. The SMILES string of the molecule is N#Cc1ccc(OCc2cn3ccccc3c2C#N)cc1.